The third kappa shape index (κ3) is 3.79. The van der Waals surface area contributed by atoms with E-state index in [0.29, 0.717) is 25.7 Å². The van der Waals surface area contributed by atoms with Crippen LogP contribution in [0.1, 0.15) is 69.0 Å². The van der Waals surface area contributed by atoms with E-state index in [2.05, 4.69) is 5.32 Å². The van der Waals surface area contributed by atoms with E-state index in [1.54, 1.807) is 0 Å². The fraction of sp³-hybridized carbons (Fsp3) is 0.333. The zero-order valence-corrected chi connectivity index (χ0v) is 19.7. The van der Waals surface area contributed by atoms with Gasteiger partial charge in [-0.2, -0.15) is 16.8 Å². The third-order valence-corrected chi connectivity index (χ3v) is 8.41. The van der Waals surface area contributed by atoms with Crippen LogP contribution in [0.25, 0.3) is 0 Å². The van der Waals surface area contributed by atoms with Crippen LogP contribution in [0.5, 0.6) is 0 Å². The van der Waals surface area contributed by atoms with E-state index in [4.69, 9.17) is 11.5 Å². The number of ketones is 2. The minimum absolute atomic E-state index is 0.131. The highest BCUT2D eigenvalue weighted by Crippen LogP contribution is 2.47. The predicted octanol–water partition coefficient (Wildman–Crippen LogP) is 1.37. The SMILES string of the molecule is CNC1CCC(c2c(N)c(S(=O)(=O)O)c(N)c3c2C(=O)c2ccc(S(=O)(=O)O)cc2C3=O)CC1. The molecule has 4 rings (SSSR count). The molecule has 13 heteroatoms. The number of hydrogen-bond donors (Lipinski definition) is 5. The van der Waals surface area contributed by atoms with E-state index in [-0.39, 0.29) is 39.9 Å². The highest BCUT2D eigenvalue weighted by atomic mass is 32.2. The van der Waals surface area contributed by atoms with Gasteiger partial charge in [0, 0.05) is 22.7 Å². The number of fused-ring (bicyclic) bond motifs is 2. The number of nitrogen functional groups attached to an aromatic ring is 2. The van der Waals surface area contributed by atoms with Crippen LogP contribution in [0.15, 0.2) is 28.0 Å². The minimum Gasteiger partial charge on any atom is -0.397 e. The zero-order valence-electron chi connectivity index (χ0n) is 18.0. The highest BCUT2D eigenvalue weighted by Gasteiger charge is 2.41. The number of rotatable bonds is 4. The van der Waals surface area contributed by atoms with Gasteiger partial charge in [-0.05, 0) is 62.4 Å². The van der Waals surface area contributed by atoms with Crippen molar-refractivity contribution in [1.82, 2.24) is 5.32 Å². The summed E-state index contributed by atoms with van der Waals surface area (Å²) in [7, 11) is -7.86. The number of nitrogens with two attached hydrogens (primary N) is 2. The van der Waals surface area contributed by atoms with Gasteiger partial charge in [0.05, 0.1) is 21.8 Å². The summed E-state index contributed by atoms with van der Waals surface area (Å²) in [6.07, 6.45) is 2.48. The minimum atomic E-state index is -4.99. The highest BCUT2D eigenvalue weighted by molar-refractivity contribution is 7.86. The van der Waals surface area contributed by atoms with Gasteiger partial charge in [0.2, 0.25) is 0 Å². The second kappa shape index (κ2) is 8.13. The summed E-state index contributed by atoms with van der Waals surface area (Å²) in [4.78, 5) is 25.5. The maximum Gasteiger partial charge on any atom is 0.298 e. The first-order valence-corrected chi connectivity index (χ1v) is 13.3. The Hall–Kier alpha value is -2.84. The van der Waals surface area contributed by atoms with Crippen molar-refractivity contribution in [1.29, 1.82) is 0 Å². The molecule has 0 aromatic heterocycles. The molecule has 2 aliphatic carbocycles. The molecule has 0 bridgehead atoms. The summed E-state index contributed by atoms with van der Waals surface area (Å²) >= 11 is 0. The molecule has 0 heterocycles. The average Bonchev–Trinajstić information content (AvgIpc) is 2.75. The predicted molar refractivity (Wildman–Crippen MR) is 122 cm³/mol. The molecule has 0 amide bonds. The van der Waals surface area contributed by atoms with Gasteiger partial charge in [-0.15, -0.1) is 0 Å². The van der Waals surface area contributed by atoms with E-state index >= 15 is 0 Å². The molecule has 2 aliphatic rings. The van der Waals surface area contributed by atoms with Gasteiger partial charge in [0.25, 0.3) is 20.2 Å². The molecule has 34 heavy (non-hydrogen) atoms. The van der Waals surface area contributed by atoms with E-state index < -0.39 is 52.8 Å². The Morgan fingerprint density at radius 3 is 1.97 bits per heavy atom. The van der Waals surface area contributed by atoms with Gasteiger partial charge in [-0.3, -0.25) is 18.7 Å². The summed E-state index contributed by atoms with van der Waals surface area (Å²) in [6, 6.07) is 3.14. The van der Waals surface area contributed by atoms with Crippen molar-refractivity contribution < 1.29 is 35.5 Å². The third-order valence-electron chi connectivity index (χ3n) is 6.60. The van der Waals surface area contributed by atoms with Crippen molar-refractivity contribution in [2.75, 3.05) is 18.5 Å². The number of benzene rings is 2. The quantitative estimate of drug-likeness (QED) is 0.250. The Labute approximate surface area is 196 Å². The molecule has 2 aromatic carbocycles. The molecule has 11 nitrogen and oxygen atoms in total. The van der Waals surface area contributed by atoms with Crippen LogP contribution in [-0.2, 0) is 20.2 Å². The lowest BCUT2D eigenvalue weighted by atomic mass is 9.73. The normalized spacial score (nSPS) is 20.7. The molecule has 7 N–H and O–H groups in total. The Kier molecular flexibility index (Phi) is 5.81. The first-order chi connectivity index (χ1) is 15.8. The lowest BCUT2D eigenvalue weighted by Gasteiger charge is -2.33. The fourth-order valence-corrected chi connectivity index (χ4v) is 6.24. The van der Waals surface area contributed by atoms with E-state index in [0.717, 1.165) is 18.2 Å². The van der Waals surface area contributed by atoms with Gasteiger partial charge < -0.3 is 16.8 Å². The van der Waals surface area contributed by atoms with E-state index in [9.17, 15) is 35.5 Å². The van der Waals surface area contributed by atoms with Gasteiger partial charge in [0.1, 0.15) is 4.90 Å². The lowest BCUT2D eigenvalue weighted by Crippen LogP contribution is -2.32. The maximum absolute atomic E-state index is 13.6. The van der Waals surface area contributed by atoms with Crippen molar-refractivity contribution in [3.63, 3.8) is 0 Å². The smallest absolute Gasteiger partial charge is 0.298 e. The van der Waals surface area contributed by atoms with E-state index in [1.807, 2.05) is 7.05 Å². The summed E-state index contributed by atoms with van der Waals surface area (Å²) < 4.78 is 66.7. The Bertz CT molecular complexity index is 1460. The number of carbonyl (C=O) groups excluding carboxylic acids is 2. The Morgan fingerprint density at radius 2 is 1.44 bits per heavy atom. The van der Waals surface area contributed by atoms with E-state index in [1.165, 1.54) is 0 Å². The second-order valence-electron chi connectivity index (χ2n) is 8.47. The number of hydrogen-bond acceptors (Lipinski definition) is 9. The van der Waals surface area contributed by atoms with Gasteiger partial charge in [-0.1, -0.05) is 0 Å². The van der Waals surface area contributed by atoms with Crippen molar-refractivity contribution in [3.8, 4) is 0 Å². The molecule has 1 fully saturated rings. The monoisotopic (exact) mass is 509 g/mol. The second-order valence-corrected chi connectivity index (χ2v) is 11.3. The molecule has 0 aliphatic heterocycles. The van der Waals surface area contributed by atoms with Crippen molar-refractivity contribution in [2.45, 2.75) is 47.4 Å². The molecule has 0 radical (unpaired) electrons. The van der Waals surface area contributed by atoms with Crippen LogP contribution < -0.4 is 16.8 Å². The van der Waals surface area contributed by atoms with Crippen molar-refractivity contribution in [2.24, 2.45) is 0 Å². The molecule has 1 saturated carbocycles. The average molecular weight is 510 g/mol. The molecular formula is C21H23N3O8S2. The summed E-state index contributed by atoms with van der Waals surface area (Å²) in [5.41, 5.74) is 10.1. The molecule has 0 atom stereocenters. The Morgan fingerprint density at radius 1 is 0.853 bits per heavy atom. The summed E-state index contributed by atoms with van der Waals surface area (Å²) in [5, 5.41) is 3.17. The van der Waals surface area contributed by atoms with Crippen LogP contribution >= 0.6 is 0 Å². The van der Waals surface area contributed by atoms with Gasteiger partial charge in [0.15, 0.2) is 11.6 Å². The van der Waals surface area contributed by atoms with Crippen LogP contribution in [0, 0.1) is 0 Å². The maximum atomic E-state index is 13.6. The Balaban J connectivity index is 2.03. The summed E-state index contributed by atoms with van der Waals surface area (Å²) in [5.74, 6) is -1.98. The number of anilines is 2. The van der Waals surface area contributed by atoms with Crippen LogP contribution in [0.2, 0.25) is 0 Å². The van der Waals surface area contributed by atoms with Crippen molar-refractivity contribution >= 4 is 43.2 Å². The topological polar surface area (TPSA) is 207 Å². The first kappa shape index (κ1) is 24.3. The van der Waals surface area contributed by atoms with Crippen LogP contribution in [-0.4, -0.2) is 50.6 Å². The first-order valence-electron chi connectivity index (χ1n) is 10.4. The van der Waals surface area contributed by atoms with Crippen molar-refractivity contribution in [3.05, 3.63) is 46.0 Å². The molecule has 182 valence electrons. The number of nitrogens with one attached hydrogen (secondary N) is 1. The zero-order chi connectivity index (χ0) is 25.2. The standard InChI is InChI=1S/C21H23N3O8S2/c1-24-10-4-2-9(3-5-10)14-15-16(18(23)21(17(14)22)34(30,31)32)20(26)13-8-11(33(27,28)29)6-7-12(13)19(15)25/h6-10,24H,2-5,22-23H2,1H3,(H,27,28,29)(H,30,31,32). The van der Waals surface area contributed by atoms with Gasteiger partial charge >= 0.3 is 0 Å². The molecule has 0 spiro atoms. The molecular weight excluding hydrogens is 486 g/mol. The van der Waals surface area contributed by atoms with Crippen LogP contribution in [0.4, 0.5) is 11.4 Å². The molecule has 0 unspecified atom stereocenters. The van der Waals surface area contributed by atoms with Crippen LogP contribution in [0.3, 0.4) is 0 Å². The van der Waals surface area contributed by atoms with Gasteiger partial charge in [-0.25, -0.2) is 0 Å². The summed E-state index contributed by atoms with van der Waals surface area (Å²) in [6.45, 7) is 0. The lowest BCUT2D eigenvalue weighted by molar-refractivity contribution is 0.0978. The molecule has 2 aromatic rings. The fourth-order valence-electron chi connectivity index (χ4n) is 4.97. The largest absolute Gasteiger partial charge is 0.397 e. The number of carbonyl (C=O) groups is 2. The molecule has 0 saturated heterocycles.